The topological polar surface area (TPSA) is 123 Å². The molecule has 10 heteroatoms. The monoisotopic (exact) mass is 446 g/mol. The lowest BCUT2D eigenvalue weighted by atomic mass is 9.90. The van der Waals surface area contributed by atoms with Crippen LogP contribution in [-0.4, -0.2) is 35.8 Å². The fraction of sp³-hybridized carbons (Fsp3) is 0.619. The fourth-order valence-electron chi connectivity index (χ4n) is 2.73. The Morgan fingerprint density at radius 3 is 2.16 bits per heavy atom. The molecule has 0 fully saturated rings. The Morgan fingerprint density at radius 2 is 1.68 bits per heavy atom. The van der Waals surface area contributed by atoms with Crippen molar-refractivity contribution in [3.05, 3.63) is 26.7 Å². The third-order valence-electron chi connectivity index (χ3n) is 5.37. The Hall–Kier alpha value is -2.67. The second-order valence-corrected chi connectivity index (χ2v) is 10.6. The molecule has 2 aromatic rings. The molecule has 0 aliphatic heterocycles. The zero-order chi connectivity index (χ0) is 23.9. The number of carbonyl (C=O) groups is 1. The summed E-state index contributed by atoms with van der Waals surface area (Å²) in [5, 5.41) is 12.2. The van der Waals surface area contributed by atoms with Gasteiger partial charge in [0.1, 0.15) is 21.8 Å². The Labute approximate surface area is 185 Å². The van der Waals surface area contributed by atoms with Crippen molar-refractivity contribution in [2.24, 2.45) is 20.0 Å². The first-order valence-electron chi connectivity index (χ1n) is 10.0. The summed E-state index contributed by atoms with van der Waals surface area (Å²) in [6.07, 6.45) is 0. The van der Waals surface area contributed by atoms with Crippen LogP contribution in [0, 0.1) is 17.2 Å². The van der Waals surface area contributed by atoms with Crippen LogP contribution in [0.2, 0.25) is 0 Å². The van der Waals surface area contributed by atoms with Crippen molar-refractivity contribution in [3.63, 3.8) is 0 Å². The number of nitriles is 1. The summed E-state index contributed by atoms with van der Waals surface area (Å²) in [5.74, 6) is 0.0312. The molecular weight excluding hydrogens is 416 g/mol. The van der Waals surface area contributed by atoms with Crippen molar-refractivity contribution in [2.45, 2.75) is 69.7 Å². The van der Waals surface area contributed by atoms with E-state index >= 15 is 0 Å². The molecule has 2 unspecified atom stereocenters. The van der Waals surface area contributed by atoms with Gasteiger partial charge in [0.2, 0.25) is 5.91 Å². The first kappa shape index (κ1) is 24.6. The summed E-state index contributed by atoms with van der Waals surface area (Å²) in [4.78, 5) is 47.3. The van der Waals surface area contributed by atoms with Gasteiger partial charge >= 0.3 is 5.69 Å². The molecule has 2 atom stereocenters. The van der Waals surface area contributed by atoms with Crippen LogP contribution >= 0.6 is 11.8 Å². The van der Waals surface area contributed by atoms with Gasteiger partial charge in [0.05, 0.1) is 11.3 Å². The van der Waals surface area contributed by atoms with Gasteiger partial charge < -0.3 is 5.32 Å². The lowest BCUT2D eigenvalue weighted by Gasteiger charge is -2.28. The Kier molecular flexibility index (Phi) is 6.71. The zero-order valence-electron chi connectivity index (χ0n) is 19.5. The number of nitrogens with zero attached hydrogens (tertiary/aromatic N) is 5. The number of aromatic nitrogens is 4. The van der Waals surface area contributed by atoms with E-state index in [1.807, 2.05) is 34.6 Å². The molecular formula is C21H30N6O3S. The maximum Gasteiger partial charge on any atom is 0.332 e. The van der Waals surface area contributed by atoms with Gasteiger partial charge in [0.25, 0.3) is 5.56 Å². The van der Waals surface area contributed by atoms with Crippen molar-refractivity contribution >= 4 is 28.7 Å². The minimum Gasteiger partial charge on any atom is -0.337 e. The normalized spacial score (nSPS) is 14.9. The van der Waals surface area contributed by atoms with Crippen LogP contribution in [0.25, 0.3) is 11.0 Å². The van der Waals surface area contributed by atoms with Crippen LogP contribution in [-0.2, 0) is 24.3 Å². The third-order valence-corrected chi connectivity index (χ3v) is 6.45. The van der Waals surface area contributed by atoms with Crippen LogP contribution < -0.4 is 16.6 Å². The third kappa shape index (κ3) is 4.66. The summed E-state index contributed by atoms with van der Waals surface area (Å²) in [5.41, 5.74) is -2.23. The van der Waals surface area contributed by atoms with E-state index in [1.54, 1.807) is 20.9 Å². The van der Waals surface area contributed by atoms with Crippen LogP contribution in [0.15, 0.2) is 14.6 Å². The molecule has 1 N–H and O–H groups in total. The van der Waals surface area contributed by atoms with E-state index in [9.17, 15) is 19.6 Å². The van der Waals surface area contributed by atoms with Gasteiger partial charge in [-0.1, -0.05) is 46.4 Å². The van der Waals surface area contributed by atoms with Gasteiger partial charge in [0, 0.05) is 19.5 Å². The quantitative estimate of drug-likeness (QED) is 0.549. The van der Waals surface area contributed by atoms with Crippen LogP contribution in [0.5, 0.6) is 0 Å². The van der Waals surface area contributed by atoms with E-state index in [1.165, 1.54) is 11.6 Å². The molecule has 0 saturated heterocycles. The number of amides is 1. The number of hydrogen-bond acceptors (Lipinski definition) is 7. The first-order chi connectivity index (χ1) is 14.1. The number of fused-ring (bicyclic) bond motifs is 1. The van der Waals surface area contributed by atoms with Crippen molar-refractivity contribution in [2.75, 3.05) is 0 Å². The summed E-state index contributed by atoms with van der Waals surface area (Å²) in [7, 11) is 2.95. The first-order valence-corrected chi connectivity index (χ1v) is 10.9. The zero-order valence-corrected chi connectivity index (χ0v) is 20.3. The molecule has 2 aromatic heterocycles. The van der Waals surface area contributed by atoms with Gasteiger partial charge in [0.15, 0.2) is 5.65 Å². The van der Waals surface area contributed by atoms with Gasteiger partial charge in [-0.3, -0.25) is 18.7 Å². The Morgan fingerprint density at radius 1 is 1.10 bits per heavy atom. The van der Waals surface area contributed by atoms with Gasteiger partial charge in [-0.2, -0.15) is 5.26 Å². The van der Waals surface area contributed by atoms with E-state index in [-0.39, 0.29) is 22.9 Å². The summed E-state index contributed by atoms with van der Waals surface area (Å²) >= 11 is 1.11. The molecule has 168 valence electrons. The molecule has 0 aromatic carbocycles. The van der Waals surface area contributed by atoms with Crippen molar-refractivity contribution < 1.29 is 4.79 Å². The minimum atomic E-state index is -1.02. The molecule has 31 heavy (non-hydrogen) atoms. The fourth-order valence-corrected chi connectivity index (χ4v) is 3.67. The van der Waals surface area contributed by atoms with Crippen molar-refractivity contribution in [3.8, 4) is 6.07 Å². The van der Waals surface area contributed by atoms with Gasteiger partial charge in [-0.25, -0.2) is 14.8 Å². The average Bonchev–Trinajstić information content (AvgIpc) is 2.68. The van der Waals surface area contributed by atoms with Gasteiger partial charge in [-0.15, -0.1) is 0 Å². The molecule has 0 bridgehead atoms. The maximum atomic E-state index is 12.9. The molecule has 9 nitrogen and oxygen atoms in total. The Bertz CT molecular complexity index is 1190. The lowest BCUT2D eigenvalue weighted by molar-refractivity contribution is -0.121. The predicted octanol–water partition coefficient (Wildman–Crippen LogP) is 1.86. The molecule has 2 rings (SSSR count). The molecule has 0 radical (unpaired) electrons. The smallest absolute Gasteiger partial charge is 0.332 e. The van der Waals surface area contributed by atoms with Crippen LogP contribution in [0.4, 0.5) is 0 Å². The molecule has 0 spiro atoms. The average molecular weight is 447 g/mol. The molecule has 2 heterocycles. The van der Waals surface area contributed by atoms with E-state index in [0.29, 0.717) is 10.9 Å². The highest BCUT2D eigenvalue weighted by atomic mass is 32.2. The second-order valence-electron chi connectivity index (χ2n) is 9.22. The Balaban J connectivity index is 2.64. The largest absolute Gasteiger partial charge is 0.337 e. The number of rotatable bonds is 5. The number of hydrogen-bond donors (Lipinski definition) is 1. The van der Waals surface area contributed by atoms with E-state index < -0.39 is 27.5 Å². The van der Waals surface area contributed by atoms with E-state index in [4.69, 9.17) is 0 Å². The minimum absolute atomic E-state index is 0.0900. The van der Waals surface area contributed by atoms with Crippen molar-refractivity contribution in [1.29, 1.82) is 5.26 Å². The highest BCUT2D eigenvalue weighted by Gasteiger charge is 2.33. The van der Waals surface area contributed by atoms with Crippen molar-refractivity contribution in [1.82, 2.24) is 24.4 Å². The van der Waals surface area contributed by atoms with E-state index in [0.717, 1.165) is 16.3 Å². The standard InChI is InChI=1S/C21H30N6O3S/c1-11(2)21(7,10-22)25-15(28)12(3)31-16-13-14(23-18(24-16)20(4,5)6)26(8)19(30)27(9)17(13)29/h11-12H,1-9H3,(H,25,28). The SMILES string of the molecule is CC(Sc1nc(C(C)(C)C)nc2c1c(=O)n(C)c(=O)n2C)C(=O)NC(C)(C#N)C(C)C. The van der Waals surface area contributed by atoms with Crippen LogP contribution in [0.1, 0.15) is 54.3 Å². The number of thioether (sulfide) groups is 1. The maximum absolute atomic E-state index is 12.9. The number of carbonyl (C=O) groups excluding carboxylic acids is 1. The van der Waals surface area contributed by atoms with Crippen LogP contribution in [0.3, 0.4) is 0 Å². The number of nitrogens with one attached hydrogen (secondary N) is 1. The predicted molar refractivity (Wildman–Crippen MR) is 121 cm³/mol. The number of aryl methyl sites for hydroxylation is 1. The molecule has 0 saturated carbocycles. The molecule has 0 aliphatic rings. The molecule has 1 amide bonds. The summed E-state index contributed by atoms with van der Waals surface area (Å²) < 4.78 is 2.32. The highest BCUT2D eigenvalue weighted by Crippen LogP contribution is 2.30. The van der Waals surface area contributed by atoms with Gasteiger partial charge in [-0.05, 0) is 19.8 Å². The summed E-state index contributed by atoms with van der Waals surface area (Å²) in [6, 6.07) is 2.16. The molecule has 0 aliphatic carbocycles. The van der Waals surface area contributed by atoms with E-state index in [2.05, 4.69) is 21.4 Å². The summed E-state index contributed by atoms with van der Waals surface area (Å²) in [6.45, 7) is 12.9. The lowest BCUT2D eigenvalue weighted by Crippen LogP contribution is -2.51. The highest BCUT2D eigenvalue weighted by molar-refractivity contribution is 8.00. The second kappa shape index (κ2) is 8.46.